The normalized spacial score (nSPS) is 11.9. The smallest absolute Gasteiger partial charge is 0.210 e. The molecule has 0 atom stereocenters. The Kier molecular flexibility index (Phi) is 3.83. The second kappa shape index (κ2) is 4.73. The molecule has 0 saturated carbocycles. The molecule has 0 aliphatic rings. The zero-order valence-electron chi connectivity index (χ0n) is 8.78. The van der Waals surface area contributed by atoms with Crippen LogP contribution in [-0.4, -0.2) is 25.7 Å². The van der Waals surface area contributed by atoms with Crippen molar-refractivity contribution < 1.29 is 12.8 Å². The lowest BCUT2D eigenvalue weighted by atomic mass is 10.4. The van der Waals surface area contributed by atoms with Gasteiger partial charge in [-0.25, -0.2) is 18.5 Å². The monoisotopic (exact) mass is 233 g/mol. The summed E-state index contributed by atoms with van der Waals surface area (Å²) in [5.41, 5.74) is 0.846. The van der Waals surface area contributed by atoms with Gasteiger partial charge in [0.1, 0.15) is 5.76 Å². The van der Waals surface area contributed by atoms with E-state index >= 15 is 0 Å². The molecule has 0 saturated heterocycles. The van der Waals surface area contributed by atoms with Crippen LogP contribution < -0.4 is 10.5 Å². The maximum Gasteiger partial charge on any atom is 0.210 e. The minimum absolute atomic E-state index is 0.0916. The van der Waals surface area contributed by atoms with E-state index in [2.05, 4.69) is 10.3 Å². The van der Waals surface area contributed by atoms with Gasteiger partial charge in [-0.1, -0.05) is 0 Å². The number of aromatic nitrogens is 1. The van der Waals surface area contributed by atoms with Gasteiger partial charge in [-0.2, -0.15) is 0 Å². The molecule has 7 heteroatoms. The molecular formula is C8H15N3O3S. The molecule has 1 aromatic rings. The Hall–Kier alpha value is -0.920. The largest absolute Gasteiger partial charge is 0.444 e. The molecule has 0 bridgehead atoms. The molecule has 86 valence electrons. The number of primary sulfonamides is 1. The van der Waals surface area contributed by atoms with Gasteiger partial charge in [0.15, 0.2) is 0 Å². The maximum atomic E-state index is 10.6. The van der Waals surface area contributed by atoms with E-state index in [1.807, 2.05) is 13.8 Å². The predicted octanol–water partition coefficient (Wildman–Crippen LogP) is -0.330. The molecule has 0 fully saturated rings. The lowest BCUT2D eigenvalue weighted by Gasteiger charge is -1.99. The van der Waals surface area contributed by atoms with Crippen LogP contribution in [-0.2, 0) is 16.6 Å². The Morgan fingerprint density at radius 1 is 1.47 bits per heavy atom. The summed E-state index contributed by atoms with van der Waals surface area (Å²) in [6.45, 7) is 4.38. The van der Waals surface area contributed by atoms with Crippen LogP contribution in [0.2, 0.25) is 0 Å². The van der Waals surface area contributed by atoms with Crippen LogP contribution in [0.25, 0.3) is 0 Å². The first kappa shape index (κ1) is 12.2. The molecule has 15 heavy (non-hydrogen) atoms. The predicted molar refractivity (Wildman–Crippen MR) is 55.7 cm³/mol. The van der Waals surface area contributed by atoms with Crippen molar-refractivity contribution in [2.45, 2.75) is 20.4 Å². The number of hydrogen-bond acceptors (Lipinski definition) is 5. The number of aryl methyl sites for hydroxylation is 2. The Balaban J connectivity index is 2.32. The zero-order chi connectivity index (χ0) is 11.5. The van der Waals surface area contributed by atoms with E-state index in [4.69, 9.17) is 9.56 Å². The van der Waals surface area contributed by atoms with Crippen LogP contribution in [0.5, 0.6) is 0 Å². The minimum atomic E-state index is -3.40. The number of hydrogen-bond donors (Lipinski definition) is 2. The molecule has 0 aliphatic carbocycles. The highest BCUT2D eigenvalue weighted by molar-refractivity contribution is 7.89. The Bertz CT molecular complexity index is 405. The van der Waals surface area contributed by atoms with E-state index in [-0.39, 0.29) is 5.75 Å². The molecule has 0 spiro atoms. The average molecular weight is 233 g/mol. The molecule has 1 rings (SSSR count). The quantitative estimate of drug-likeness (QED) is 0.678. The van der Waals surface area contributed by atoms with Gasteiger partial charge in [0, 0.05) is 6.54 Å². The highest BCUT2D eigenvalue weighted by Gasteiger charge is 2.05. The molecule has 1 heterocycles. The molecule has 0 unspecified atom stereocenters. The van der Waals surface area contributed by atoms with E-state index in [0.29, 0.717) is 19.0 Å². The lowest BCUT2D eigenvalue weighted by Crippen LogP contribution is -2.26. The summed E-state index contributed by atoms with van der Waals surface area (Å²) in [6, 6.07) is 0. The van der Waals surface area contributed by atoms with Crippen LogP contribution in [0.15, 0.2) is 4.42 Å². The van der Waals surface area contributed by atoms with E-state index in [9.17, 15) is 8.42 Å². The summed E-state index contributed by atoms with van der Waals surface area (Å²) < 4.78 is 26.5. The fourth-order valence-electron chi connectivity index (χ4n) is 1.02. The molecular weight excluding hydrogens is 218 g/mol. The van der Waals surface area contributed by atoms with E-state index in [1.54, 1.807) is 0 Å². The van der Waals surface area contributed by atoms with Crippen LogP contribution in [0.1, 0.15) is 17.3 Å². The van der Waals surface area contributed by atoms with Crippen LogP contribution in [0.4, 0.5) is 0 Å². The maximum absolute atomic E-state index is 10.6. The van der Waals surface area contributed by atoms with Crippen LogP contribution in [0.3, 0.4) is 0 Å². The SMILES string of the molecule is Cc1nc(CNCCS(N)(=O)=O)oc1C. The summed E-state index contributed by atoms with van der Waals surface area (Å²) in [5, 5.41) is 7.72. The van der Waals surface area contributed by atoms with Crippen LogP contribution >= 0.6 is 0 Å². The van der Waals surface area contributed by atoms with Crippen molar-refractivity contribution in [2.75, 3.05) is 12.3 Å². The van der Waals surface area contributed by atoms with Gasteiger partial charge in [-0.15, -0.1) is 0 Å². The molecule has 6 nitrogen and oxygen atoms in total. The fraction of sp³-hybridized carbons (Fsp3) is 0.625. The molecule has 1 aromatic heterocycles. The summed E-state index contributed by atoms with van der Waals surface area (Å²) >= 11 is 0. The molecule has 0 amide bonds. The van der Waals surface area contributed by atoms with Gasteiger partial charge in [0.2, 0.25) is 15.9 Å². The second-order valence-electron chi connectivity index (χ2n) is 3.29. The van der Waals surface area contributed by atoms with Crippen molar-refractivity contribution >= 4 is 10.0 Å². The van der Waals surface area contributed by atoms with E-state index in [1.165, 1.54) is 0 Å². The van der Waals surface area contributed by atoms with Crippen molar-refractivity contribution in [3.05, 3.63) is 17.3 Å². The average Bonchev–Trinajstić information content (AvgIpc) is 2.39. The van der Waals surface area contributed by atoms with Crippen LogP contribution in [0, 0.1) is 13.8 Å². The minimum Gasteiger partial charge on any atom is -0.444 e. The summed E-state index contributed by atoms with van der Waals surface area (Å²) in [7, 11) is -3.40. The highest BCUT2D eigenvalue weighted by Crippen LogP contribution is 2.07. The van der Waals surface area contributed by atoms with Crippen molar-refractivity contribution in [3.63, 3.8) is 0 Å². The first-order chi connectivity index (χ1) is 6.88. The molecule has 0 aromatic carbocycles. The lowest BCUT2D eigenvalue weighted by molar-refractivity contribution is 0.452. The third-order valence-electron chi connectivity index (χ3n) is 1.91. The topological polar surface area (TPSA) is 98.2 Å². The van der Waals surface area contributed by atoms with Gasteiger partial charge in [-0.05, 0) is 13.8 Å². The molecule has 0 radical (unpaired) electrons. The highest BCUT2D eigenvalue weighted by atomic mass is 32.2. The second-order valence-corrected chi connectivity index (χ2v) is 5.03. The summed E-state index contributed by atoms with van der Waals surface area (Å²) in [6.07, 6.45) is 0. The van der Waals surface area contributed by atoms with E-state index < -0.39 is 10.0 Å². The van der Waals surface area contributed by atoms with Gasteiger partial charge < -0.3 is 9.73 Å². The van der Waals surface area contributed by atoms with Gasteiger partial charge in [0.25, 0.3) is 0 Å². The third kappa shape index (κ3) is 4.41. The van der Waals surface area contributed by atoms with Crippen molar-refractivity contribution in [1.29, 1.82) is 0 Å². The van der Waals surface area contributed by atoms with Gasteiger partial charge >= 0.3 is 0 Å². The number of oxazole rings is 1. The number of sulfonamides is 1. The Morgan fingerprint density at radius 2 is 2.13 bits per heavy atom. The van der Waals surface area contributed by atoms with Gasteiger partial charge in [-0.3, -0.25) is 0 Å². The first-order valence-corrected chi connectivity index (χ1v) is 6.24. The number of nitrogens with two attached hydrogens (primary N) is 1. The number of rotatable bonds is 5. The fourth-order valence-corrected chi connectivity index (χ4v) is 1.45. The Labute approximate surface area is 88.9 Å². The number of nitrogens with one attached hydrogen (secondary N) is 1. The standard InChI is InChI=1S/C8H15N3O3S/c1-6-7(2)14-8(11-6)5-10-3-4-15(9,12)13/h10H,3-5H2,1-2H3,(H2,9,12,13). The zero-order valence-corrected chi connectivity index (χ0v) is 9.60. The van der Waals surface area contributed by atoms with Crippen molar-refractivity contribution in [3.8, 4) is 0 Å². The summed E-state index contributed by atoms with van der Waals surface area (Å²) in [4.78, 5) is 4.13. The van der Waals surface area contributed by atoms with E-state index in [0.717, 1.165) is 11.5 Å². The van der Waals surface area contributed by atoms with Crippen molar-refractivity contribution in [2.24, 2.45) is 5.14 Å². The molecule has 3 N–H and O–H groups in total. The molecule has 0 aliphatic heterocycles. The Morgan fingerprint density at radius 3 is 2.60 bits per heavy atom. The third-order valence-corrected chi connectivity index (χ3v) is 2.69. The summed E-state index contributed by atoms with van der Waals surface area (Å²) in [5.74, 6) is 1.24. The van der Waals surface area contributed by atoms with Gasteiger partial charge in [0.05, 0.1) is 18.0 Å². The first-order valence-electron chi connectivity index (χ1n) is 4.52. The van der Waals surface area contributed by atoms with Crippen molar-refractivity contribution in [1.82, 2.24) is 10.3 Å². The number of nitrogens with zero attached hydrogens (tertiary/aromatic N) is 1.